The van der Waals surface area contributed by atoms with E-state index in [0.717, 1.165) is 5.56 Å². The summed E-state index contributed by atoms with van der Waals surface area (Å²) in [6, 6.07) is 5.26. The van der Waals surface area contributed by atoms with Gasteiger partial charge in [0.05, 0.1) is 5.56 Å². The Morgan fingerprint density at radius 1 is 1.29 bits per heavy atom. The van der Waals surface area contributed by atoms with Gasteiger partial charge in [0.25, 0.3) is 0 Å². The van der Waals surface area contributed by atoms with Crippen LogP contribution in [0.1, 0.15) is 25.0 Å². The smallest absolute Gasteiger partial charge is 0.131 e. The predicted octanol–water partition coefficient (Wildman–Crippen LogP) is 1.82. The van der Waals surface area contributed by atoms with E-state index in [9.17, 15) is 10.2 Å². The van der Waals surface area contributed by atoms with E-state index in [-0.39, 0.29) is 5.75 Å². The zero-order chi connectivity index (χ0) is 10.8. The molecule has 0 atom stereocenters. The molecule has 2 heteroatoms. The molecule has 0 aliphatic heterocycles. The third kappa shape index (κ3) is 3.12. The van der Waals surface area contributed by atoms with E-state index in [1.807, 2.05) is 13.0 Å². The predicted molar refractivity (Wildman–Crippen MR) is 56.0 cm³/mol. The van der Waals surface area contributed by atoms with E-state index in [0.29, 0.717) is 5.56 Å². The van der Waals surface area contributed by atoms with Crippen molar-refractivity contribution in [2.75, 3.05) is 0 Å². The van der Waals surface area contributed by atoms with Crippen LogP contribution in [0.3, 0.4) is 0 Å². The van der Waals surface area contributed by atoms with Crippen molar-refractivity contribution in [3.63, 3.8) is 0 Å². The van der Waals surface area contributed by atoms with Crippen LogP contribution < -0.4 is 0 Å². The highest BCUT2D eigenvalue weighted by Gasteiger charge is 2.06. The summed E-state index contributed by atoms with van der Waals surface area (Å²) in [6.07, 6.45) is 0. The number of hydrogen-bond acceptors (Lipinski definition) is 2. The van der Waals surface area contributed by atoms with Crippen molar-refractivity contribution in [1.82, 2.24) is 0 Å². The van der Waals surface area contributed by atoms with Gasteiger partial charge in [0, 0.05) is 0 Å². The molecule has 2 N–H and O–H groups in total. The van der Waals surface area contributed by atoms with Crippen LogP contribution in [0.5, 0.6) is 5.75 Å². The molecule has 0 aliphatic carbocycles. The Kier molecular flexibility index (Phi) is 2.83. The van der Waals surface area contributed by atoms with Crippen LogP contribution in [-0.4, -0.2) is 15.8 Å². The lowest BCUT2D eigenvalue weighted by atomic mass is 10.1. The number of aliphatic hydroxyl groups is 1. The van der Waals surface area contributed by atoms with Gasteiger partial charge >= 0.3 is 0 Å². The normalized spacial score (nSPS) is 10.6. The van der Waals surface area contributed by atoms with Gasteiger partial charge < -0.3 is 10.2 Å². The van der Waals surface area contributed by atoms with Crippen molar-refractivity contribution >= 4 is 0 Å². The Morgan fingerprint density at radius 3 is 2.43 bits per heavy atom. The molecule has 0 aromatic heterocycles. The van der Waals surface area contributed by atoms with Crippen LogP contribution in [0.25, 0.3) is 0 Å². The number of hydrogen-bond donors (Lipinski definition) is 2. The van der Waals surface area contributed by atoms with Crippen LogP contribution in [0, 0.1) is 18.8 Å². The Morgan fingerprint density at radius 2 is 1.93 bits per heavy atom. The molecule has 0 saturated carbocycles. The Hall–Kier alpha value is -1.46. The van der Waals surface area contributed by atoms with Gasteiger partial charge in [0.15, 0.2) is 0 Å². The van der Waals surface area contributed by atoms with Gasteiger partial charge in [-0.1, -0.05) is 17.9 Å². The number of rotatable bonds is 0. The summed E-state index contributed by atoms with van der Waals surface area (Å²) in [6.45, 7) is 5.10. The average Bonchev–Trinajstić information content (AvgIpc) is 2.00. The minimum atomic E-state index is -1.03. The monoisotopic (exact) mass is 190 g/mol. The second-order valence-electron chi connectivity index (χ2n) is 3.83. The van der Waals surface area contributed by atoms with Crippen molar-refractivity contribution in [3.05, 3.63) is 29.3 Å². The molecular weight excluding hydrogens is 176 g/mol. The largest absolute Gasteiger partial charge is 0.507 e. The maximum atomic E-state index is 9.50. The molecule has 0 aliphatic rings. The fourth-order valence-corrected chi connectivity index (χ4v) is 0.968. The van der Waals surface area contributed by atoms with Crippen LogP contribution in [-0.2, 0) is 0 Å². The van der Waals surface area contributed by atoms with Gasteiger partial charge in [0.1, 0.15) is 11.4 Å². The van der Waals surface area contributed by atoms with Crippen molar-refractivity contribution in [2.24, 2.45) is 0 Å². The highest BCUT2D eigenvalue weighted by atomic mass is 16.3. The van der Waals surface area contributed by atoms with Crippen LogP contribution in [0.2, 0.25) is 0 Å². The van der Waals surface area contributed by atoms with E-state index in [2.05, 4.69) is 11.8 Å². The molecule has 0 saturated heterocycles. The van der Waals surface area contributed by atoms with Gasteiger partial charge in [-0.3, -0.25) is 0 Å². The highest BCUT2D eigenvalue weighted by Crippen LogP contribution is 2.17. The molecule has 1 rings (SSSR count). The average molecular weight is 190 g/mol. The third-order valence-electron chi connectivity index (χ3n) is 1.66. The first-order chi connectivity index (χ1) is 6.38. The molecule has 0 heterocycles. The number of phenols is 1. The first kappa shape index (κ1) is 10.6. The van der Waals surface area contributed by atoms with E-state index in [4.69, 9.17) is 0 Å². The minimum Gasteiger partial charge on any atom is -0.507 e. The lowest BCUT2D eigenvalue weighted by Crippen LogP contribution is -2.14. The summed E-state index contributed by atoms with van der Waals surface area (Å²) in [7, 11) is 0. The molecule has 0 spiro atoms. The highest BCUT2D eigenvalue weighted by molar-refractivity contribution is 5.47. The SMILES string of the molecule is Cc1ccc(C#CC(C)(C)O)c(O)c1. The van der Waals surface area contributed by atoms with Crippen LogP contribution >= 0.6 is 0 Å². The molecule has 14 heavy (non-hydrogen) atoms. The van der Waals surface area contributed by atoms with Crippen molar-refractivity contribution < 1.29 is 10.2 Å². The third-order valence-corrected chi connectivity index (χ3v) is 1.66. The summed E-state index contributed by atoms with van der Waals surface area (Å²) in [4.78, 5) is 0. The second-order valence-corrected chi connectivity index (χ2v) is 3.83. The molecule has 0 unspecified atom stereocenters. The van der Waals surface area contributed by atoms with E-state index >= 15 is 0 Å². The Balaban J connectivity index is 3.02. The maximum absolute atomic E-state index is 9.50. The first-order valence-electron chi connectivity index (χ1n) is 4.44. The van der Waals surface area contributed by atoms with Gasteiger partial charge in [-0.25, -0.2) is 0 Å². The van der Waals surface area contributed by atoms with Gasteiger partial charge in [0.2, 0.25) is 0 Å². The molecule has 0 amide bonds. The number of aromatic hydroxyl groups is 1. The zero-order valence-corrected chi connectivity index (χ0v) is 8.63. The lowest BCUT2D eigenvalue weighted by Gasteiger charge is -2.06. The molecule has 2 nitrogen and oxygen atoms in total. The van der Waals surface area contributed by atoms with Gasteiger partial charge in [-0.15, -0.1) is 0 Å². The van der Waals surface area contributed by atoms with E-state index in [1.54, 1.807) is 26.0 Å². The molecule has 1 aromatic rings. The summed E-state index contributed by atoms with van der Waals surface area (Å²) in [5.41, 5.74) is 0.492. The minimum absolute atomic E-state index is 0.154. The summed E-state index contributed by atoms with van der Waals surface area (Å²) < 4.78 is 0. The molecule has 0 fully saturated rings. The maximum Gasteiger partial charge on any atom is 0.131 e. The zero-order valence-electron chi connectivity index (χ0n) is 8.63. The fraction of sp³-hybridized carbons (Fsp3) is 0.333. The topological polar surface area (TPSA) is 40.5 Å². The van der Waals surface area contributed by atoms with Crippen molar-refractivity contribution in [2.45, 2.75) is 26.4 Å². The summed E-state index contributed by atoms with van der Waals surface area (Å²) >= 11 is 0. The molecule has 0 bridgehead atoms. The number of phenolic OH excluding ortho intramolecular Hbond substituents is 1. The first-order valence-corrected chi connectivity index (χ1v) is 4.44. The van der Waals surface area contributed by atoms with E-state index < -0.39 is 5.60 Å². The molecule has 1 aromatic carbocycles. The second kappa shape index (κ2) is 3.73. The van der Waals surface area contributed by atoms with Crippen molar-refractivity contribution in [1.29, 1.82) is 0 Å². The lowest BCUT2D eigenvalue weighted by molar-refractivity contribution is 0.143. The van der Waals surface area contributed by atoms with E-state index in [1.165, 1.54) is 0 Å². The summed E-state index contributed by atoms with van der Waals surface area (Å²) in [5, 5.41) is 18.9. The van der Waals surface area contributed by atoms with Crippen LogP contribution in [0.4, 0.5) is 0 Å². The standard InChI is InChI=1S/C12H14O2/c1-9-4-5-10(11(13)8-9)6-7-12(2,3)14/h4-5,8,13-14H,1-3H3. The van der Waals surface area contributed by atoms with Gasteiger partial charge in [-0.05, 0) is 38.5 Å². The Bertz CT molecular complexity index is 389. The number of aryl methyl sites for hydroxylation is 1. The Labute approximate surface area is 84.2 Å². The van der Waals surface area contributed by atoms with Crippen molar-refractivity contribution in [3.8, 4) is 17.6 Å². The summed E-state index contributed by atoms with van der Waals surface area (Å²) in [5.74, 6) is 5.53. The molecule has 74 valence electrons. The van der Waals surface area contributed by atoms with Gasteiger partial charge in [-0.2, -0.15) is 0 Å². The quantitative estimate of drug-likeness (QED) is 0.613. The number of benzene rings is 1. The molecular formula is C12H14O2. The van der Waals surface area contributed by atoms with Crippen LogP contribution in [0.15, 0.2) is 18.2 Å². The molecule has 0 radical (unpaired) electrons. The fourth-order valence-electron chi connectivity index (χ4n) is 0.968.